The van der Waals surface area contributed by atoms with Crippen molar-refractivity contribution in [1.82, 2.24) is 0 Å². The van der Waals surface area contributed by atoms with Gasteiger partial charge in [0.15, 0.2) is 0 Å². The number of nitro benzene ring substituents is 1. The van der Waals surface area contributed by atoms with Crippen molar-refractivity contribution >= 4 is 17.3 Å². The Morgan fingerprint density at radius 3 is 2.76 bits per heavy atom. The minimum absolute atomic E-state index is 0.0686. The van der Waals surface area contributed by atoms with Crippen molar-refractivity contribution in [3.8, 4) is 0 Å². The monoisotopic (exact) mass is 292 g/mol. The van der Waals surface area contributed by atoms with Gasteiger partial charge in [-0.25, -0.2) is 0 Å². The quantitative estimate of drug-likeness (QED) is 0.642. The van der Waals surface area contributed by atoms with Gasteiger partial charge in [0, 0.05) is 24.4 Å². The second-order valence-electron chi connectivity index (χ2n) is 5.63. The Balaban J connectivity index is 2.02. The summed E-state index contributed by atoms with van der Waals surface area (Å²) in [5.74, 6) is -0.891. The molecule has 2 atom stereocenters. The van der Waals surface area contributed by atoms with Crippen molar-refractivity contribution in [2.75, 3.05) is 11.9 Å². The van der Waals surface area contributed by atoms with E-state index < -0.39 is 10.9 Å². The maximum Gasteiger partial charge on any atom is 0.306 e. The smallest absolute Gasteiger partial charge is 0.306 e. The lowest BCUT2D eigenvalue weighted by atomic mass is 9.79. The summed E-state index contributed by atoms with van der Waals surface area (Å²) in [4.78, 5) is 21.5. The predicted molar refractivity (Wildman–Crippen MR) is 79.4 cm³/mol. The zero-order valence-corrected chi connectivity index (χ0v) is 12.0. The number of carboxylic acid groups (broad SMARTS) is 1. The first-order chi connectivity index (χ1) is 9.99. The molecule has 2 unspecified atom stereocenters. The van der Waals surface area contributed by atoms with Crippen molar-refractivity contribution in [3.63, 3.8) is 0 Å². The van der Waals surface area contributed by atoms with Crippen LogP contribution >= 0.6 is 0 Å². The number of nitrogens with zero attached hydrogens (tertiary/aromatic N) is 1. The van der Waals surface area contributed by atoms with Crippen LogP contribution in [0.2, 0.25) is 0 Å². The van der Waals surface area contributed by atoms with Crippen LogP contribution in [0.4, 0.5) is 11.4 Å². The molecule has 0 heterocycles. The third-order valence-electron chi connectivity index (χ3n) is 4.20. The first-order valence-corrected chi connectivity index (χ1v) is 7.20. The van der Waals surface area contributed by atoms with Crippen LogP contribution in [0.5, 0.6) is 0 Å². The summed E-state index contributed by atoms with van der Waals surface area (Å²) in [6, 6.07) is 4.68. The van der Waals surface area contributed by atoms with E-state index in [4.69, 9.17) is 0 Å². The minimum Gasteiger partial charge on any atom is -0.481 e. The Morgan fingerprint density at radius 1 is 1.43 bits per heavy atom. The number of carbonyl (C=O) groups is 1. The molecule has 0 aromatic heterocycles. The highest BCUT2D eigenvalue weighted by Crippen LogP contribution is 2.31. The fourth-order valence-corrected chi connectivity index (χ4v) is 2.98. The molecule has 0 radical (unpaired) electrons. The van der Waals surface area contributed by atoms with E-state index in [0.29, 0.717) is 6.54 Å². The van der Waals surface area contributed by atoms with Gasteiger partial charge in [0.1, 0.15) is 0 Å². The number of nitrogens with one attached hydrogen (secondary N) is 1. The number of hydrogen-bond acceptors (Lipinski definition) is 4. The van der Waals surface area contributed by atoms with E-state index in [1.165, 1.54) is 12.1 Å². The zero-order valence-electron chi connectivity index (χ0n) is 12.0. The molecule has 6 heteroatoms. The van der Waals surface area contributed by atoms with Gasteiger partial charge in [0.05, 0.1) is 10.8 Å². The Labute approximate surface area is 123 Å². The molecule has 0 saturated heterocycles. The first-order valence-electron chi connectivity index (χ1n) is 7.20. The van der Waals surface area contributed by atoms with E-state index in [1.807, 2.05) is 6.92 Å². The van der Waals surface area contributed by atoms with Crippen LogP contribution in [0.1, 0.15) is 31.2 Å². The average molecular weight is 292 g/mol. The highest BCUT2D eigenvalue weighted by Gasteiger charge is 2.30. The molecule has 21 heavy (non-hydrogen) atoms. The third kappa shape index (κ3) is 3.71. The minimum atomic E-state index is -0.720. The molecule has 0 aliphatic heterocycles. The Kier molecular flexibility index (Phi) is 4.77. The average Bonchev–Trinajstić information content (AvgIpc) is 2.46. The number of benzene rings is 1. The van der Waals surface area contributed by atoms with Gasteiger partial charge < -0.3 is 10.4 Å². The van der Waals surface area contributed by atoms with Gasteiger partial charge in [0.25, 0.3) is 5.69 Å². The summed E-state index contributed by atoms with van der Waals surface area (Å²) in [5.41, 5.74) is 1.70. The molecule has 0 amide bonds. The number of carboxylic acids is 1. The number of anilines is 1. The second-order valence-corrected chi connectivity index (χ2v) is 5.63. The normalized spacial score (nSPS) is 21.8. The van der Waals surface area contributed by atoms with Crippen LogP contribution in [0.25, 0.3) is 0 Å². The fourth-order valence-electron chi connectivity index (χ4n) is 2.98. The summed E-state index contributed by atoms with van der Waals surface area (Å²) >= 11 is 0. The molecule has 6 nitrogen and oxygen atoms in total. The van der Waals surface area contributed by atoms with Crippen molar-refractivity contribution in [2.45, 2.75) is 32.6 Å². The van der Waals surface area contributed by atoms with E-state index in [1.54, 1.807) is 6.07 Å². The van der Waals surface area contributed by atoms with Crippen molar-refractivity contribution in [2.24, 2.45) is 11.8 Å². The van der Waals surface area contributed by atoms with Crippen molar-refractivity contribution < 1.29 is 14.8 Å². The van der Waals surface area contributed by atoms with E-state index in [-0.39, 0.29) is 17.5 Å². The number of nitro groups is 1. The summed E-state index contributed by atoms with van der Waals surface area (Å²) in [5, 5.41) is 23.2. The lowest BCUT2D eigenvalue weighted by molar-refractivity contribution is -0.384. The molecule has 2 rings (SSSR count). The lowest BCUT2D eigenvalue weighted by Gasteiger charge is -2.29. The topological polar surface area (TPSA) is 92.5 Å². The first kappa shape index (κ1) is 15.3. The molecular formula is C15H20N2O4. The van der Waals surface area contributed by atoms with Gasteiger partial charge in [-0.2, -0.15) is 0 Å². The molecule has 1 aliphatic rings. The lowest BCUT2D eigenvalue weighted by Crippen LogP contribution is -2.31. The van der Waals surface area contributed by atoms with Crippen LogP contribution in [0.3, 0.4) is 0 Å². The summed E-state index contributed by atoms with van der Waals surface area (Å²) < 4.78 is 0. The van der Waals surface area contributed by atoms with Gasteiger partial charge in [-0.15, -0.1) is 0 Å². The van der Waals surface area contributed by atoms with Crippen LogP contribution in [-0.4, -0.2) is 22.5 Å². The number of hydrogen-bond donors (Lipinski definition) is 2. The molecule has 0 bridgehead atoms. The maximum atomic E-state index is 11.3. The van der Waals surface area contributed by atoms with Crippen LogP contribution in [0.15, 0.2) is 18.2 Å². The Bertz CT molecular complexity index is 544. The summed E-state index contributed by atoms with van der Waals surface area (Å²) in [7, 11) is 0. The van der Waals surface area contributed by atoms with Gasteiger partial charge in [-0.1, -0.05) is 12.8 Å². The molecule has 1 saturated carbocycles. The Morgan fingerprint density at radius 2 is 2.14 bits per heavy atom. The predicted octanol–water partition coefficient (Wildman–Crippen LogP) is 3.21. The van der Waals surface area contributed by atoms with E-state index in [9.17, 15) is 20.0 Å². The molecular weight excluding hydrogens is 272 g/mol. The largest absolute Gasteiger partial charge is 0.481 e. The van der Waals surface area contributed by atoms with E-state index >= 15 is 0 Å². The van der Waals surface area contributed by atoms with Crippen LogP contribution < -0.4 is 5.32 Å². The molecule has 2 N–H and O–H groups in total. The number of rotatable bonds is 5. The highest BCUT2D eigenvalue weighted by molar-refractivity contribution is 5.70. The Hall–Kier alpha value is -2.11. The highest BCUT2D eigenvalue weighted by atomic mass is 16.6. The van der Waals surface area contributed by atoms with Gasteiger partial charge in [-0.3, -0.25) is 14.9 Å². The van der Waals surface area contributed by atoms with Gasteiger partial charge >= 0.3 is 5.97 Å². The van der Waals surface area contributed by atoms with Crippen LogP contribution in [-0.2, 0) is 4.79 Å². The third-order valence-corrected chi connectivity index (χ3v) is 4.20. The second kappa shape index (κ2) is 6.56. The van der Waals surface area contributed by atoms with E-state index in [2.05, 4.69) is 5.32 Å². The van der Waals surface area contributed by atoms with Crippen molar-refractivity contribution in [1.29, 1.82) is 0 Å². The molecule has 114 valence electrons. The summed E-state index contributed by atoms with van der Waals surface area (Å²) in [6.07, 6.45) is 3.69. The molecule has 0 spiro atoms. The van der Waals surface area contributed by atoms with Gasteiger partial charge in [0.2, 0.25) is 0 Å². The number of non-ortho nitro benzene ring substituents is 1. The maximum absolute atomic E-state index is 11.3. The standard InChI is InChI=1S/C15H20N2O4/c1-10-8-12(17(20)21)6-7-14(10)16-9-11-4-2-3-5-13(11)15(18)19/h6-8,11,13,16H,2-5,9H2,1H3,(H,18,19). The molecule has 1 aromatic rings. The van der Waals surface area contributed by atoms with Crippen LogP contribution in [0, 0.1) is 28.9 Å². The van der Waals surface area contributed by atoms with Crippen molar-refractivity contribution in [3.05, 3.63) is 33.9 Å². The number of aryl methyl sites for hydroxylation is 1. The SMILES string of the molecule is Cc1cc([N+](=O)[O-])ccc1NCC1CCCCC1C(=O)O. The summed E-state index contributed by atoms with van der Waals surface area (Å²) in [6.45, 7) is 2.40. The molecule has 1 fully saturated rings. The van der Waals surface area contributed by atoms with E-state index in [0.717, 1.165) is 36.9 Å². The van der Waals surface area contributed by atoms with Gasteiger partial charge in [-0.05, 0) is 37.3 Å². The molecule has 1 aromatic carbocycles. The fraction of sp³-hybridized carbons (Fsp3) is 0.533. The zero-order chi connectivity index (χ0) is 15.4. The number of aliphatic carboxylic acids is 1. The molecule has 1 aliphatic carbocycles.